The molecule has 0 atom stereocenters. The number of aromatic nitrogens is 4. The van der Waals surface area contributed by atoms with E-state index >= 15 is 0 Å². The average molecular weight is 331 g/mol. The maximum atomic E-state index is 12.7. The zero-order chi connectivity index (χ0) is 17.2. The number of nitrogens with one attached hydrogen (secondary N) is 1. The van der Waals surface area contributed by atoms with Gasteiger partial charge in [0.1, 0.15) is 0 Å². The van der Waals surface area contributed by atoms with Gasteiger partial charge in [0.2, 0.25) is 0 Å². The third-order valence-electron chi connectivity index (χ3n) is 4.09. The van der Waals surface area contributed by atoms with Crippen LogP contribution in [-0.4, -0.2) is 37.6 Å². The number of fused-ring (bicyclic) bond motifs is 1. The van der Waals surface area contributed by atoms with E-state index in [1.807, 2.05) is 53.3 Å². The number of para-hydroxylation sites is 1. The quantitative estimate of drug-likeness (QED) is 0.625. The fraction of sp³-hybridized carbons (Fsp3) is 0.105. The van der Waals surface area contributed by atoms with E-state index in [9.17, 15) is 4.79 Å². The first-order valence-electron chi connectivity index (χ1n) is 7.98. The van der Waals surface area contributed by atoms with Crippen LogP contribution in [0.1, 0.15) is 15.9 Å². The Morgan fingerprint density at radius 2 is 2.04 bits per heavy atom. The third-order valence-corrected chi connectivity index (χ3v) is 4.09. The van der Waals surface area contributed by atoms with Crippen LogP contribution in [0.3, 0.4) is 0 Å². The minimum Gasteiger partial charge on any atom is -0.345 e. The Morgan fingerprint density at radius 3 is 2.88 bits per heavy atom. The van der Waals surface area contributed by atoms with Crippen molar-refractivity contribution in [1.82, 2.24) is 24.6 Å². The highest BCUT2D eigenvalue weighted by Crippen LogP contribution is 2.15. The molecule has 1 amide bonds. The fourth-order valence-electron chi connectivity index (χ4n) is 2.80. The largest absolute Gasteiger partial charge is 0.345 e. The van der Waals surface area contributed by atoms with Gasteiger partial charge in [0, 0.05) is 30.9 Å². The summed E-state index contributed by atoms with van der Waals surface area (Å²) in [5.41, 5.74) is 4.31. The van der Waals surface area contributed by atoms with Crippen molar-refractivity contribution in [1.29, 1.82) is 0 Å². The fourth-order valence-corrected chi connectivity index (χ4v) is 2.80. The van der Waals surface area contributed by atoms with Crippen LogP contribution >= 0.6 is 0 Å². The van der Waals surface area contributed by atoms with E-state index < -0.39 is 0 Å². The second-order valence-corrected chi connectivity index (χ2v) is 5.92. The molecule has 0 aliphatic heterocycles. The molecule has 0 unspecified atom stereocenters. The normalized spacial score (nSPS) is 10.9. The van der Waals surface area contributed by atoms with Crippen LogP contribution in [0.15, 0.2) is 67.3 Å². The summed E-state index contributed by atoms with van der Waals surface area (Å²) in [6.07, 6.45) is 5.35. The van der Waals surface area contributed by atoms with Crippen molar-refractivity contribution in [2.45, 2.75) is 6.54 Å². The summed E-state index contributed by atoms with van der Waals surface area (Å²) in [4.78, 5) is 21.5. The number of amides is 1. The molecule has 0 aliphatic carbocycles. The zero-order valence-electron chi connectivity index (χ0n) is 13.8. The minimum absolute atomic E-state index is 0.0380. The van der Waals surface area contributed by atoms with Crippen molar-refractivity contribution in [2.75, 3.05) is 7.05 Å². The molecule has 4 rings (SSSR count). The van der Waals surface area contributed by atoms with E-state index in [-0.39, 0.29) is 5.91 Å². The van der Waals surface area contributed by atoms with Crippen LogP contribution in [0.2, 0.25) is 0 Å². The number of carbonyl (C=O) groups is 1. The molecule has 2 aromatic carbocycles. The molecule has 4 aromatic rings. The number of H-pyrrole nitrogens is 1. The average Bonchev–Trinajstić information content (AvgIpc) is 3.30. The number of nitrogens with zero attached hydrogens (tertiary/aromatic N) is 4. The Morgan fingerprint density at radius 1 is 1.20 bits per heavy atom. The Kier molecular flexibility index (Phi) is 3.78. The predicted molar refractivity (Wildman–Crippen MR) is 95.5 cm³/mol. The molecule has 6 nitrogen and oxygen atoms in total. The van der Waals surface area contributed by atoms with Crippen molar-refractivity contribution in [2.24, 2.45) is 0 Å². The van der Waals surface area contributed by atoms with E-state index in [0.717, 1.165) is 22.3 Å². The molecule has 0 bridgehead atoms. The number of hydrogen-bond donors (Lipinski definition) is 1. The number of benzene rings is 2. The van der Waals surface area contributed by atoms with E-state index in [4.69, 9.17) is 0 Å². The third kappa shape index (κ3) is 3.01. The van der Waals surface area contributed by atoms with Gasteiger partial charge in [-0.25, -0.2) is 9.67 Å². The van der Waals surface area contributed by atoms with Gasteiger partial charge in [-0.15, -0.1) is 0 Å². The number of imidazole rings is 1. The molecule has 124 valence electrons. The molecular weight excluding hydrogens is 314 g/mol. The molecule has 0 saturated heterocycles. The van der Waals surface area contributed by atoms with Crippen LogP contribution in [0.4, 0.5) is 0 Å². The van der Waals surface area contributed by atoms with Crippen molar-refractivity contribution in [3.63, 3.8) is 0 Å². The van der Waals surface area contributed by atoms with E-state index in [1.165, 1.54) is 0 Å². The Bertz CT molecular complexity index is 1020. The van der Waals surface area contributed by atoms with E-state index in [2.05, 4.69) is 15.1 Å². The van der Waals surface area contributed by atoms with Crippen molar-refractivity contribution >= 4 is 16.9 Å². The number of carbonyl (C=O) groups excluding carboxylic acids is 1. The van der Waals surface area contributed by atoms with Crippen LogP contribution in [0, 0.1) is 0 Å². The van der Waals surface area contributed by atoms with Gasteiger partial charge in [-0.1, -0.05) is 18.2 Å². The lowest BCUT2D eigenvalue weighted by molar-refractivity contribution is 0.0785. The molecule has 0 radical (unpaired) electrons. The highest BCUT2D eigenvalue weighted by Gasteiger charge is 2.14. The first-order valence-corrected chi connectivity index (χ1v) is 7.98. The molecule has 1 N–H and O–H groups in total. The highest BCUT2D eigenvalue weighted by atomic mass is 16.2. The van der Waals surface area contributed by atoms with Gasteiger partial charge >= 0.3 is 0 Å². The lowest BCUT2D eigenvalue weighted by atomic mass is 10.1. The number of aromatic amines is 1. The summed E-state index contributed by atoms with van der Waals surface area (Å²) in [6, 6.07) is 15.4. The molecule has 0 saturated carbocycles. The van der Waals surface area contributed by atoms with Crippen LogP contribution in [0.25, 0.3) is 16.7 Å². The summed E-state index contributed by atoms with van der Waals surface area (Å²) in [7, 11) is 1.79. The van der Waals surface area contributed by atoms with Crippen molar-refractivity contribution in [3.05, 3.63) is 78.4 Å². The second-order valence-electron chi connectivity index (χ2n) is 5.92. The van der Waals surface area contributed by atoms with Gasteiger partial charge in [-0.05, 0) is 30.3 Å². The number of rotatable bonds is 4. The molecular formula is C19H17N5O. The molecule has 2 heterocycles. The SMILES string of the molecule is CN(Cc1cnn(-c2ccccc2)c1)C(=O)c1ccc2nc[nH]c2c1. The smallest absolute Gasteiger partial charge is 0.253 e. The number of hydrogen-bond acceptors (Lipinski definition) is 3. The molecule has 2 aromatic heterocycles. The van der Waals surface area contributed by atoms with Gasteiger partial charge in [-0.3, -0.25) is 4.79 Å². The molecule has 0 aliphatic rings. The second kappa shape index (κ2) is 6.24. The minimum atomic E-state index is -0.0380. The van der Waals surface area contributed by atoms with Gasteiger partial charge in [0.15, 0.2) is 0 Å². The van der Waals surface area contributed by atoms with Crippen molar-refractivity contribution in [3.8, 4) is 5.69 Å². The van der Waals surface area contributed by atoms with Gasteiger partial charge < -0.3 is 9.88 Å². The van der Waals surface area contributed by atoms with Gasteiger partial charge in [0.25, 0.3) is 5.91 Å². The van der Waals surface area contributed by atoms with Crippen LogP contribution in [-0.2, 0) is 6.54 Å². The molecule has 0 spiro atoms. The molecule has 0 fully saturated rings. The molecule has 6 heteroatoms. The maximum absolute atomic E-state index is 12.7. The summed E-state index contributed by atoms with van der Waals surface area (Å²) in [5, 5.41) is 4.37. The summed E-state index contributed by atoms with van der Waals surface area (Å²) in [5.74, 6) is -0.0380. The monoisotopic (exact) mass is 331 g/mol. The Labute approximate surface area is 144 Å². The summed E-state index contributed by atoms with van der Waals surface area (Å²) < 4.78 is 1.81. The Hall–Kier alpha value is -3.41. The lowest BCUT2D eigenvalue weighted by Crippen LogP contribution is -2.26. The van der Waals surface area contributed by atoms with Crippen molar-refractivity contribution < 1.29 is 4.79 Å². The first kappa shape index (κ1) is 15.1. The Balaban J connectivity index is 1.50. The van der Waals surface area contributed by atoms with Gasteiger partial charge in [0.05, 0.1) is 29.2 Å². The van der Waals surface area contributed by atoms with E-state index in [1.54, 1.807) is 30.5 Å². The first-order chi connectivity index (χ1) is 12.2. The summed E-state index contributed by atoms with van der Waals surface area (Å²) >= 11 is 0. The zero-order valence-corrected chi connectivity index (χ0v) is 13.8. The standard InChI is InChI=1S/C19H17N5O/c1-23(19(25)15-7-8-17-18(9-15)21-13-20-17)11-14-10-22-24(12-14)16-5-3-2-4-6-16/h2-10,12-13H,11H2,1H3,(H,20,21). The van der Waals surface area contributed by atoms with Crippen LogP contribution < -0.4 is 0 Å². The highest BCUT2D eigenvalue weighted by molar-refractivity contribution is 5.97. The van der Waals surface area contributed by atoms with Gasteiger partial charge in [-0.2, -0.15) is 5.10 Å². The lowest BCUT2D eigenvalue weighted by Gasteiger charge is -2.16. The topological polar surface area (TPSA) is 66.8 Å². The predicted octanol–water partition coefficient (Wildman–Crippen LogP) is 3.02. The summed E-state index contributed by atoms with van der Waals surface area (Å²) in [6.45, 7) is 0.493. The molecule has 25 heavy (non-hydrogen) atoms. The van der Waals surface area contributed by atoms with Crippen LogP contribution in [0.5, 0.6) is 0 Å². The maximum Gasteiger partial charge on any atom is 0.253 e. The van der Waals surface area contributed by atoms with E-state index in [0.29, 0.717) is 12.1 Å².